The van der Waals surface area contributed by atoms with Gasteiger partial charge in [0.25, 0.3) is 5.91 Å². The molecule has 0 saturated heterocycles. The molecule has 3 nitrogen and oxygen atoms in total. The summed E-state index contributed by atoms with van der Waals surface area (Å²) in [6.45, 7) is 5.51. The Bertz CT molecular complexity index is 522. The van der Waals surface area contributed by atoms with Gasteiger partial charge in [0.05, 0.1) is 0 Å². The van der Waals surface area contributed by atoms with Crippen LogP contribution in [0.3, 0.4) is 0 Å². The lowest BCUT2D eigenvalue weighted by Crippen LogP contribution is -2.46. The van der Waals surface area contributed by atoms with Crippen molar-refractivity contribution >= 4 is 11.6 Å². The summed E-state index contributed by atoms with van der Waals surface area (Å²) in [5.74, 6) is 0.0708. The third kappa shape index (κ3) is 2.54. The summed E-state index contributed by atoms with van der Waals surface area (Å²) >= 11 is 0. The van der Waals surface area contributed by atoms with Gasteiger partial charge in [-0.2, -0.15) is 0 Å². The Kier molecular flexibility index (Phi) is 3.45. The van der Waals surface area contributed by atoms with Crippen LogP contribution in [0.2, 0.25) is 0 Å². The first-order chi connectivity index (χ1) is 9.56. The van der Waals surface area contributed by atoms with E-state index in [9.17, 15) is 4.79 Å². The van der Waals surface area contributed by atoms with Gasteiger partial charge in [0.2, 0.25) is 0 Å². The topological polar surface area (TPSA) is 41.1 Å². The van der Waals surface area contributed by atoms with E-state index in [1.807, 2.05) is 12.1 Å². The van der Waals surface area contributed by atoms with Gasteiger partial charge < -0.3 is 10.6 Å². The van der Waals surface area contributed by atoms with Crippen LogP contribution in [-0.4, -0.2) is 18.5 Å². The van der Waals surface area contributed by atoms with Crippen molar-refractivity contribution in [3.05, 3.63) is 29.3 Å². The molecule has 3 rings (SSSR count). The van der Waals surface area contributed by atoms with Crippen LogP contribution >= 0.6 is 0 Å². The van der Waals surface area contributed by atoms with Gasteiger partial charge in [0.15, 0.2) is 0 Å². The number of nitrogens with one attached hydrogen (secondary N) is 2. The fraction of sp³-hybridized carbons (Fsp3) is 0.588. The van der Waals surface area contributed by atoms with Crippen LogP contribution in [0, 0.1) is 5.41 Å². The highest BCUT2D eigenvalue weighted by Crippen LogP contribution is 2.35. The van der Waals surface area contributed by atoms with Gasteiger partial charge in [0, 0.05) is 23.8 Å². The number of carbonyl (C=O) groups is 1. The second-order valence-electron chi connectivity index (χ2n) is 6.81. The highest BCUT2D eigenvalue weighted by Gasteiger charge is 2.33. The Balaban J connectivity index is 1.73. The van der Waals surface area contributed by atoms with Crippen LogP contribution in [-0.2, 0) is 6.42 Å². The largest absolute Gasteiger partial charge is 0.384 e. The van der Waals surface area contributed by atoms with Crippen molar-refractivity contribution in [3.8, 4) is 0 Å². The number of anilines is 1. The van der Waals surface area contributed by atoms with E-state index in [2.05, 4.69) is 30.5 Å². The van der Waals surface area contributed by atoms with Gasteiger partial charge in [-0.3, -0.25) is 4.79 Å². The van der Waals surface area contributed by atoms with Crippen molar-refractivity contribution in [1.82, 2.24) is 5.32 Å². The third-order valence-corrected chi connectivity index (χ3v) is 4.89. The normalized spacial score (nSPS) is 23.8. The second kappa shape index (κ2) is 5.12. The number of hydrogen-bond donors (Lipinski definition) is 2. The lowest BCUT2D eigenvalue weighted by atomic mass is 9.73. The molecule has 1 aromatic rings. The molecule has 1 aromatic carbocycles. The van der Waals surface area contributed by atoms with E-state index in [0.717, 1.165) is 30.6 Å². The predicted molar refractivity (Wildman–Crippen MR) is 82.1 cm³/mol. The Morgan fingerprint density at radius 1 is 1.35 bits per heavy atom. The predicted octanol–water partition coefficient (Wildman–Crippen LogP) is 3.35. The van der Waals surface area contributed by atoms with E-state index >= 15 is 0 Å². The number of fused-ring (bicyclic) bond motifs is 1. The van der Waals surface area contributed by atoms with Crippen molar-refractivity contribution in [2.75, 3.05) is 11.9 Å². The van der Waals surface area contributed by atoms with Gasteiger partial charge in [-0.05, 0) is 42.4 Å². The smallest absolute Gasteiger partial charge is 0.251 e. The first kappa shape index (κ1) is 13.5. The van der Waals surface area contributed by atoms with Crippen LogP contribution in [0.1, 0.15) is 55.5 Å². The van der Waals surface area contributed by atoms with Crippen molar-refractivity contribution in [2.45, 2.75) is 52.0 Å². The zero-order chi connectivity index (χ0) is 14.2. The molecule has 1 heterocycles. The Morgan fingerprint density at radius 3 is 3.00 bits per heavy atom. The van der Waals surface area contributed by atoms with E-state index in [0.29, 0.717) is 6.04 Å². The second-order valence-corrected chi connectivity index (χ2v) is 6.81. The molecule has 1 amide bonds. The maximum absolute atomic E-state index is 12.5. The molecule has 2 N–H and O–H groups in total. The van der Waals surface area contributed by atoms with Crippen molar-refractivity contribution in [3.63, 3.8) is 0 Å². The lowest BCUT2D eigenvalue weighted by Gasteiger charge is -2.39. The fourth-order valence-corrected chi connectivity index (χ4v) is 3.44. The molecule has 0 bridgehead atoms. The number of hydrogen-bond acceptors (Lipinski definition) is 2. The van der Waals surface area contributed by atoms with Crippen LogP contribution in [0.4, 0.5) is 5.69 Å². The van der Waals surface area contributed by atoms with Gasteiger partial charge in [-0.25, -0.2) is 0 Å². The maximum atomic E-state index is 12.5. The van der Waals surface area contributed by atoms with Crippen LogP contribution in [0.25, 0.3) is 0 Å². The van der Waals surface area contributed by atoms with Crippen molar-refractivity contribution in [1.29, 1.82) is 0 Å². The monoisotopic (exact) mass is 272 g/mol. The van der Waals surface area contributed by atoms with Crippen LogP contribution < -0.4 is 10.6 Å². The molecule has 108 valence electrons. The summed E-state index contributed by atoms with van der Waals surface area (Å²) in [6.07, 6.45) is 5.86. The third-order valence-electron chi connectivity index (χ3n) is 4.89. The Morgan fingerprint density at radius 2 is 2.20 bits per heavy atom. The quantitative estimate of drug-likeness (QED) is 0.867. The number of carbonyl (C=O) groups excluding carboxylic acids is 1. The number of benzene rings is 1. The molecule has 1 atom stereocenters. The number of rotatable bonds is 2. The molecule has 2 aliphatic rings. The molecule has 0 spiro atoms. The van der Waals surface area contributed by atoms with Crippen molar-refractivity contribution in [2.24, 2.45) is 5.41 Å². The lowest BCUT2D eigenvalue weighted by molar-refractivity contribution is 0.0853. The first-order valence-corrected chi connectivity index (χ1v) is 7.74. The van der Waals surface area contributed by atoms with Gasteiger partial charge >= 0.3 is 0 Å². The fourth-order valence-electron chi connectivity index (χ4n) is 3.44. The summed E-state index contributed by atoms with van der Waals surface area (Å²) < 4.78 is 0. The molecule has 1 fully saturated rings. The highest BCUT2D eigenvalue weighted by molar-refractivity contribution is 5.95. The molecule has 1 aliphatic heterocycles. The average molecular weight is 272 g/mol. The highest BCUT2D eigenvalue weighted by atomic mass is 16.1. The molecule has 0 radical (unpaired) electrons. The minimum Gasteiger partial charge on any atom is -0.384 e. The van der Waals surface area contributed by atoms with E-state index in [1.54, 1.807) is 0 Å². The molecule has 1 aliphatic carbocycles. The molecular weight excluding hydrogens is 248 g/mol. The summed E-state index contributed by atoms with van der Waals surface area (Å²) in [7, 11) is 0. The van der Waals surface area contributed by atoms with Gasteiger partial charge in [0.1, 0.15) is 0 Å². The van der Waals surface area contributed by atoms with Crippen LogP contribution in [0.5, 0.6) is 0 Å². The molecule has 20 heavy (non-hydrogen) atoms. The molecule has 0 aromatic heterocycles. The standard InChI is InChI=1S/C17H24N2O/c1-17(2)9-4-3-5-15(17)19-16(20)13-7-6-12-8-10-18-14(12)11-13/h6-7,11,15,18H,3-5,8-10H2,1-2H3,(H,19,20). The van der Waals surface area contributed by atoms with Crippen molar-refractivity contribution < 1.29 is 4.79 Å². The minimum absolute atomic E-state index is 0.0708. The molecule has 1 saturated carbocycles. The number of amides is 1. The maximum Gasteiger partial charge on any atom is 0.251 e. The van der Waals surface area contributed by atoms with E-state index in [1.165, 1.54) is 24.8 Å². The Hall–Kier alpha value is -1.51. The van der Waals surface area contributed by atoms with E-state index in [4.69, 9.17) is 0 Å². The van der Waals surface area contributed by atoms with Gasteiger partial charge in [-0.1, -0.05) is 32.8 Å². The summed E-state index contributed by atoms with van der Waals surface area (Å²) in [6, 6.07) is 6.32. The average Bonchev–Trinajstić information content (AvgIpc) is 2.88. The molecule has 3 heteroatoms. The van der Waals surface area contributed by atoms with E-state index < -0.39 is 0 Å². The summed E-state index contributed by atoms with van der Waals surface area (Å²) in [4.78, 5) is 12.5. The zero-order valence-electron chi connectivity index (χ0n) is 12.5. The van der Waals surface area contributed by atoms with E-state index in [-0.39, 0.29) is 11.3 Å². The Labute approximate surface area is 121 Å². The van der Waals surface area contributed by atoms with Crippen LogP contribution in [0.15, 0.2) is 18.2 Å². The summed E-state index contributed by atoms with van der Waals surface area (Å²) in [5, 5.41) is 6.59. The summed E-state index contributed by atoms with van der Waals surface area (Å²) in [5.41, 5.74) is 3.43. The molecular formula is C17H24N2O. The zero-order valence-corrected chi connectivity index (χ0v) is 12.5. The first-order valence-electron chi connectivity index (χ1n) is 7.74. The van der Waals surface area contributed by atoms with Gasteiger partial charge in [-0.15, -0.1) is 0 Å². The SMILES string of the molecule is CC1(C)CCCCC1NC(=O)c1ccc2c(c1)NCC2. The minimum atomic E-state index is 0.0708. The molecule has 1 unspecified atom stereocenters.